The molecule has 0 radical (unpaired) electrons. The number of nitrogens with one attached hydrogen (secondary N) is 1. The lowest BCUT2D eigenvalue weighted by Gasteiger charge is -2.25. The predicted molar refractivity (Wildman–Crippen MR) is 143 cm³/mol. The van der Waals surface area contributed by atoms with Crippen molar-refractivity contribution in [2.45, 2.75) is 5.16 Å². The average Bonchev–Trinajstić information content (AvgIpc) is 3.37. The maximum absolute atomic E-state index is 13.1. The van der Waals surface area contributed by atoms with Crippen LogP contribution in [0.2, 0.25) is 0 Å². The van der Waals surface area contributed by atoms with Crippen LogP contribution in [-0.2, 0) is 4.79 Å². The van der Waals surface area contributed by atoms with Gasteiger partial charge in [-0.2, -0.15) is 0 Å². The fourth-order valence-electron chi connectivity index (χ4n) is 3.71. The predicted octanol–water partition coefficient (Wildman–Crippen LogP) is 6.50. The number of aromatic nitrogens is 2. The number of imidazole rings is 1. The fraction of sp³-hybridized carbons (Fsp3) is 0.0345. The van der Waals surface area contributed by atoms with Crippen molar-refractivity contribution in [2.24, 2.45) is 0 Å². The summed E-state index contributed by atoms with van der Waals surface area (Å²) >= 11 is 1.41. The number of anilines is 2. The van der Waals surface area contributed by atoms with Gasteiger partial charge in [0.25, 0.3) is 0 Å². The zero-order valence-corrected chi connectivity index (χ0v) is 19.8. The van der Waals surface area contributed by atoms with E-state index in [1.165, 1.54) is 11.8 Å². The van der Waals surface area contributed by atoms with Gasteiger partial charge in [-0.25, -0.2) is 4.98 Å². The molecule has 35 heavy (non-hydrogen) atoms. The number of para-hydroxylation sites is 3. The largest absolute Gasteiger partial charge is 0.294 e. The Bertz CT molecular complexity index is 1330. The molecule has 1 aromatic heterocycles. The smallest absolute Gasteiger partial charge is 0.249 e. The Morgan fingerprint density at radius 3 is 1.83 bits per heavy atom. The first-order valence-electron chi connectivity index (χ1n) is 11.3. The highest BCUT2D eigenvalue weighted by atomic mass is 32.2. The van der Waals surface area contributed by atoms with Gasteiger partial charge in [0.15, 0.2) is 5.16 Å². The second kappa shape index (κ2) is 10.8. The number of thioether (sulfide) groups is 1. The first-order chi connectivity index (χ1) is 17.3. The molecule has 5 rings (SSSR count). The van der Waals surface area contributed by atoms with Crippen molar-refractivity contribution in [3.05, 3.63) is 128 Å². The van der Waals surface area contributed by atoms with Gasteiger partial charge < -0.3 is 0 Å². The SMILES string of the molecule is O=C(CSc1nc(-c2ccccc2)cn1-c1ccccc1)NN(c1ccccc1)c1ccccc1. The molecule has 6 heteroatoms. The number of hydrogen-bond donors (Lipinski definition) is 1. The van der Waals surface area contributed by atoms with Gasteiger partial charge in [-0.1, -0.05) is 96.7 Å². The molecule has 5 nitrogen and oxygen atoms in total. The van der Waals surface area contributed by atoms with Crippen molar-refractivity contribution < 1.29 is 4.79 Å². The minimum absolute atomic E-state index is 0.119. The van der Waals surface area contributed by atoms with Crippen LogP contribution in [0, 0.1) is 0 Å². The molecule has 0 saturated heterocycles. The Hall–Kier alpha value is -4.29. The van der Waals surface area contributed by atoms with Crippen LogP contribution < -0.4 is 10.4 Å². The van der Waals surface area contributed by atoms with Crippen molar-refractivity contribution in [2.75, 3.05) is 10.8 Å². The van der Waals surface area contributed by atoms with Crippen molar-refractivity contribution in [1.82, 2.24) is 15.0 Å². The van der Waals surface area contributed by atoms with Crippen LogP contribution in [0.1, 0.15) is 0 Å². The fourth-order valence-corrected chi connectivity index (χ4v) is 4.49. The molecule has 0 spiro atoms. The molecular formula is C29H24N4OS. The molecule has 0 aliphatic heterocycles. The Morgan fingerprint density at radius 1 is 0.743 bits per heavy atom. The van der Waals surface area contributed by atoms with Crippen LogP contribution in [0.4, 0.5) is 11.4 Å². The number of hydrazine groups is 1. The minimum atomic E-state index is -0.119. The highest BCUT2D eigenvalue weighted by Gasteiger charge is 2.16. The van der Waals surface area contributed by atoms with Gasteiger partial charge in [-0.3, -0.25) is 19.8 Å². The van der Waals surface area contributed by atoms with E-state index in [9.17, 15) is 4.79 Å². The first-order valence-corrected chi connectivity index (χ1v) is 12.3. The number of benzene rings is 4. The number of rotatable bonds is 8. The molecule has 4 aromatic carbocycles. The van der Waals surface area contributed by atoms with E-state index >= 15 is 0 Å². The third kappa shape index (κ3) is 5.45. The summed E-state index contributed by atoms with van der Waals surface area (Å²) in [5, 5.41) is 2.57. The Balaban J connectivity index is 1.37. The maximum atomic E-state index is 13.1. The van der Waals surface area contributed by atoms with Crippen LogP contribution in [0.3, 0.4) is 0 Å². The highest BCUT2D eigenvalue weighted by Crippen LogP contribution is 2.28. The van der Waals surface area contributed by atoms with Gasteiger partial charge in [0.2, 0.25) is 5.91 Å². The van der Waals surface area contributed by atoms with Crippen molar-refractivity contribution >= 4 is 29.0 Å². The molecule has 0 fully saturated rings. The molecule has 0 bridgehead atoms. The molecular weight excluding hydrogens is 452 g/mol. The van der Waals surface area contributed by atoms with E-state index in [-0.39, 0.29) is 11.7 Å². The molecule has 5 aromatic rings. The summed E-state index contributed by atoms with van der Waals surface area (Å²) < 4.78 is 2.03. The number of carbonyl (C=O) groups excluding carboxylic acids is 1. The Morgan fingerprint density at radius 2 is 1.26 bits per heavy atom. The normalized spacial score (nSPS) is 10.6. The molecule has 172 valence electrons. The summed E-state index contributed by atoms with van der Waals surface area (Å²) in [4.78, 5) is 17.9. The van der Waals surface area contributed by atoms with Gasteiger partial charge in [-0.15, -0.1) is 0 Å². The molecule has 0 saturated carbocycles. The summed E-state index contributed by atoms with van der Waals surface area (Å²) in [6.07, 6.45) is 2.02. The summed E-state index contributed by atoms with van der Waals surface area (Å²) in [5.74, 6) is 0.0976. The van der Waals surface area contributed by atoms with Gasteiger partial charge >= 0.3 is 0 Å². The van der Waals surface area contributed by atoms with Gasteiger partial charge in [0.05, 0.1) is 22.8 Å². The van der Waals surface area contributed by atoms with E-state index in [0.717, 1.165) is 33.5 Å². The number of amides is 1. The standard InChI is InChI=1S/C29H24N4OS/c34-28(31-33(25-17-9-3-10-18-25)26-19-11-4-12-20-26)22-35-29-30-27(23-13-5-1-6-14-23)21-32(29)24-15-7-2-8-16-24/h1-21H,22H2,(H,31,34). The monoisotopic (exact) mass is 476 g/mol. The van der Waals surface area contributed by atoms with E-state index in [1.54, 1.807) is 0 Å². The molecule has 0 aliphatic carbocycles. The van der Waals surface area contributed by atoms with E-state index < -0.39 is 0 Å². The number of carbonyl (C=O) groups is 1. The lowest BCUT2D eigenvalue weighted by molar-refractivity contribution is -0.118. The minimum Gasteiger partial charge on any atom is -0.294 e. The molecule has 1 heterocycles. The van der Waals surface area contributed by atoms with E-state index in [1.807, 2.05) is 137 Å². The van der Waals surface area contributed by atoms with Crippen molar-refractivity contribution in [3.8, 4) is 16.9 Å². The lowest BCUT2D eigenvalue weighted by Crippen LogP contribution is -2.40. The van der Waals surface area contributed by atoms with Crippen LogP contribution in [0.5, 0.6) is 0 Å². The average molecular weight is 477 g/mol. The zero-order valence-electron chi connectivity index (χ0n) is 19.0. The highest BCUT2D eigenvalue weighted by molar-refractivity contribution is 7.99. The van der Waals surface area contributed by atoms with E-state index in [2.05, 4.69) is 5.43 Å². The quantitative estimate of drug-likeness (QED) is 0.205. The summed E-state index contributed by atoms with van der Waals surface area (Å²) in [6.45, 7) is 0. The Kier molecular flexibility index (Phi) is 6.92. The van der Waals surface area contributed by atoms with Crippen LogP contribution in [0.25, 0.3) is 16.9 Å². The van der Waals surface area contributed by atoms with Crippen LogP contribution in [0.15, 0.2) is 133 Å². The Labute approximate surface area is 209 Å². The maximum Gasteiger partial charge on any atom is 0.249 e. The van der Waals surface area contributed by atoms with E-state index in [4.69, 9.17) is 4.98 Å². The van der Waals surface area contributed by atoms with Gasteiger partial charge in [-0.05, 0) is 36.4 Å². The molecule has 1 N–H and O–H groups in total. The third-order valence-corrected chi connectivity index (χ3v) is 6.33. The number of hydrogen-bond acceptors (Lipinski definition) is 4. The second-order valence-corrected chi connectivity index (χ2v) is 8.75. The second-order valence-electron chi connectivity index (χ2n) is 7.81. The summed E-state index contributed by atoms with van der Waals surface area (Å²) in [6, 6.07) is 39.7. The number of nitrogens with zero attached hydrogens (tertiary/aromatic N) is 3. The molecule has 1 amide bonds. The van der Waals surface area contributed by atoms with Gasteiger partial charge in [0, 0.05) is 17.4 Å². The summed E-state index contributed by atoms with van der Waals surface area (Å²) in [7, 11) is 0. The van der Waals surface area contributed by atoms with Crippen LogP contribution >= 0.6 is 11.8 Å². The summed E-state index contributed by atoms with van der Waals surface area (Å²) in [5.41, 5.74) is 7.72. The first kappa shape index (κ1) is 22.5. The zero-order chi connectivity index (χ0) is 23.9. The molecule has 0 unspecified atom stereocenters. The van der Waals surface area contributed by atoms with Crippen molar-refractivity contribution in [3.63, 3.8) is 0 Å². The topological polar surface area (TPSA) is 50.2 Å². The van der Waals surface area contributed by atoms with Crippen LogP contribution in [-0.4, -0.2) is 21.2 Å². The van der Waals surface area contributed by atoms with Crippen molar-refractivity contribution in [1.29, 1.82) is 0 Å². The third-order valence-electron chi connectivity index (χ3n) is 5.38. The lowest BCUT2D eigenvalue weighted by atomic mass is 10.2. The van der Waals surface area contributed by atoms with Gasteiger partial charge in [0.1, 0.15) is 0 Å². The van der Waals surface area contributed by atoms with E-state index in [0.29, 0.717) is 0 Å². The molecule has 0 aliphatic rings. The molecule has 0 atom stereocenters.